The smallest absolute Gasteiger partial charge is 0.319 e. The zero-order chi connectivity index (χ0) is 17.6. The third kappa shape index (κ3) is 4.03. The number of urea groups is 1. The van der Waals surface area contributed by atoms with Crippen LogP contribution in [0.3, 0.4) is 0 Å². The van der Waals surface area contributed by atoms with E-state index in [0.717, 1.165) is 11.9 Å². The number of benzene rings is 2. The molecule has 0 aliphatic heterocycles. The standard InChI is InChI=1S/C19H21N3O3/c1-24-17-6-5-15(12-18(17)25-2)22-19(23)21-9-7-13-3-4-14-8-10-20-16(14)11-13/h3-6,8,10-12,20H,7,9H2,1-2H3,(H2,21,22,23). The normalized spacial score (nSPS) is 10.5. The summed E-state index contributed by atoms with van der Waals surface area (Å²) in [7, 11) is 3.13. The molecule has 0 fully saturated rings. The first-order valence-electron chi connectivity index (χ1n) is 8.02. The van der Waals surface area contributed by atoms with E-state index >= 15 is 0 Å². The van der Waals surface area contributed by atoms with E-state index in [-0.39, 0.29) is 6.03 Å². The second kappa shape index (κ2) is 7.61. The number of anilines is 1. The maximum atomic E-state index is 12.0. The minimum atomic E-state index is -0.256. The molecule has 0 spiro atoms. The molecule has 0 saturated carbocycles. The molecule has 0 bridgehead atoms. The van der Waals surface area contributed by atoms with Crippen LogP contribution in [0.2, 0.25) is 0 Å². The number of carbonyl (C=O) groups is 1. The molecule has 2 amide bonds. The van der Waals surface area contributed by atoms with Crippen LogP contribution in [0.4, 0.5) is 10.5 Å². The van der Waals surface area contributed by atoms with E-state index < -0.39 is 0 Å². The van der Waals surface area contributed by atoms with Gasteiger partial charge in [0.25, 0.3) is 0 Å². The zero-order valence-corrected chi connectivity index (χ0v) is 14.3. The summed E-state index contributed by atoms with van der Waals surface area (Å²) in [6, 6.07) is 13.3. The average Bonchev–Trinajstić information content (AvgIpc) is 3.09. The topological polar surface area (TPSA) is 75.4 Å². The first-order chi connectivity index (χ1) is 12.2. The molecule has 1 aromatic heterocycles. The van der Waals surface area contributed by atoms with Gasteiger partial charge in [0.05, 0.1) is 14.2 Å². The van der Waals surface area contributed by atoms with Gasteiger partial charge in [-0.15, -0.1) is 0 Å². The fourth-order valence-electron chi connectivity index (χ4n) is 2.66. The molecule has 1 heterocycles. The predicted octanol–water partition coefficient (Wildman–Crippen LogP) is 3.55. The number of ether oxygens (including phenoxy) is 2. The van der Waals surface area contributed by atoms with Gasteiger partial charge in [-0.05, 0) is 41.6 Å². The lowest BCUT2D eigenvalue weighted by atomic mass is 10.1. The summed E-state index contributed by atoms with van der Waals surface area (Å²) in [4.78, 5) is 15.2. The molecule has 0 radical (unpaired) electrons. The third-order valence-corrected chi connectivity index (χ3v) is 3.96. The van der Waals surface area contributed by atoms with Gasteiger partial charge in [0.2, 0.25) is 0 Å². The highest BCUT2D eigenvalue weighted by atomic mass is 16.5. The highest BCUT2D eigenvalue weighted by Gasteiger charge is 2.07. The first-order valence-corrected chi connectivity index (χ1v) is 8.02. The Morgan fingerprint density at radius 2 is 1.88 bits per heavy atom. The van der Waals surface area contributed by atoms with E-state index in [4.69, 9.17) is 9.47 Å². The van der Waals surface area contributed by atoms with Gasteiger partial charge in [0.1, 0.15) is 0 Å². The summed E-state index contributed by atoms with van der Waals surface area (Å²) in [5.41, 5.74) is 2.91. The van der Waals surface area contributed by atoms with Gasteiger partial charge in [-0.2, -0.15) is 0 Å². The molecule has 0 aliphatic rings. The number of rotatable bonds is 6. The van der Waals surface area contributed by atoms with Crippen molar-refractivity contribution < 1.29 is 14.3 Å². The van der Waals surface area contributed by atoms with E-state index in [1.165, 1.54) is 10.9 Å². The number of methoxy groups -OCH3 is 2. The lowest BCUT2D eigenvalue weighted by Crippen LogP contribution is -2.30. The molecule has 3 aromatic rings. The Bertz CT molecular complexity index is 873. The Balaban J connectivity index is 1.52. The summed E-state index contributed by atoms with van der Waals surface area (Å²) in [6.07, 6.45) is 2.68. The third-order valence-electron chi connectivity index (χ3n) is 3.96. The molecule has 130 valence electrons. The molecule has 2 aromatic carbocycles. The van der Waals surface area contributed by atoms with Crippen molar-refractivity contribution in [3.63, 3.8) is 0 Å². The SMILES string of the molecule is COc1ccc(NC(=O)NCCc2ccc3cc[nH]c3c2)cc1OC. The minimum Gasteiger partial charge on any atom is -0.493 e. The number of H-pyrrole nitrogens is 1. The number of nitrogens with one attached hydrogen (secondary N) is 3. The van der Waals surface area contributed by atoms with E-state index in [2.05, 4.69) is 33.8 Å². The van der Waals surface area contributed by atoms with Gasteiger partial charge >= 0.3 is 6.03 Å². The van der Waals surface area contributed by atoms with Crippen LogP contribution in [0.15, 0.2) is 48.7 Å². The molecule has 3 N–H and O–H groups in total. The Morgan fingerprint density at radius 1 is 1.04 bits per heavy atom. The number of aromatic nitrogens is 1. The molecule has 6 nitrogen and oxygen atoms in total. The van der Waals surface area contributed by atoms with Crippen LogP contribution in [-0.4, -0.2) is 31.8 Å². The van der Waals surface area contributed by atoms with Crippen LogP contribution in [0.1, 0.15) is 5.56 Å². The molecule has 25 heavy (non-hydrogen) atoms. The molecule has 0 atom stereocenters. The maximum absolute atomic E-state index is 12.0. The summed E-state index contributed by atoms with van der Waals surface area (Å²) < 4.78 is 10.4. The second-order valence-corrected chi connectivity index (χ2v) is 5.60. The van der Waals surface area contributed by atoms with E-state index in [9.17, 15) is 4.79 Å². The van der Waals surface area contributed by atoms with Crippen molar-refractivity contribution in [1.82, 2.24) is 10.3 Å². The summed E-state index contributed by atoms with van der Waals surface area (Å²) >= 11 is 0. The summed E-state index contributed by atoms with van der Waals surface area (Å²) in [5.74, 6) is 1.19. The largest absolute Gasteiger partial charge is 0.493 e. The highest BCUT2D eigenvalue weighted by molar-refractivity contribution is 5.89. The number of carbonyl (C=O) groups excluding carboxylic acids is 1. The molecule has 3 rings (SSSR count). The number of aromatic amines is 1. The maximum Gasteiger partial charge on any atom is 0.319 e. The van der Waals surface area contributed by atoms with Crippen LogP contribution < -0.4 is 20.1 Å². The Hall–Kier alpha value is -3.15. The van der Waals surface area contributed by atoms with Crippen molar-refractivity contribution in [3.8, 4) is 11.5 Å². The molecular weight excluding hydrogens is 318 g/mol. The van der Waals surface area contributed by atoms with Crippen molar-refractivity contribution in [3.05, 3.63) is 54.2 Å². The lowest BCUT2D eigenvalue weighted by molar-refractivity contribution is 0.252. The second-order valence-electron chi connectivity index (χ2n) is 5.60. The molecule has 6 heteroatoms. The van der Waals surface area contributed by atoms with Crippen LogP contribution >= 0.6 is 0 Å². The Kier molecular flexibility index (Phi) is 5.09. The summed E-state index contributed by atoms with van der Waals surface area (Å²) in [6.45, 7) is 0.547. The van der Waals surface area contributed by atoms with E-state index in [1.54, 1.807) is 32.4 Å². The quantitative estimate of drug-likeness (QED) is 0.643. The van der Waals surface area contributed by atoms with Crippen molar-refractivity contribution in [2.45, 2.75) is 6.42 Å². The Morgan fingerprint density at radius 3 is 2.68 bits per heavy atom. The molecule has 0 unspecified atom stereocenters. The number of amides is 2. The fourth-order valence-corrected chi connectivity index (χ4v) is 2.66. The molecule has 0 saturated heterocycles. The molecule has 0 aliphatic carbocycles. The van der Waals surface area contributed by atoms with Gasteiger partial charge in [0, 0.05) is 30.0 Å². The zero-order valence-electron chi connectivity index (χ0n) is 14.3. The monoisotopic (exact) mass is 339 g/mol. The average molecular weight is 339 g/mol. The van der Waals surface area contributed by atoms with Crippen molar-refractivity contribution in [1.29, 1.82) is 0 Å². The van der Waals surface area contributed by atoms with Crippen LogP contribution in [0, 0.1) is 0 Å². The first kappa shape index (κ1) is 16.7. The lowest BCUT2D eigenvalue weighted by Gasteiger charge is -2.11. The van der Waals surface area contributed by atoms with Gasteiger partial charge in [-0.25, -0.2) is 4.79 Å². The summed E-state index contributed by atoms with van der Waals surface area (Å²) in [5, 5.41) is 6.83. The highest BCUT2D eigenvalue weighted by Crippen LogP contribution is 2.29. The minimum absolute atomic E-state index is 0.256. The Labute approximate surface area is 146 Å². The van der Waals surface area contributed by atoms with Gasteiger partial charge in [-0.1, -0.05) is 12.1 Å². The van der Waals surface area contributed by atoms with Gasteiger partial charge in [-0.3, -0.25) is 0 Å². The number of fused-ring (bicyclic) bond motifs is 1. The van der Waals surface area contributed by atoms with Crippen molar-refractivity contribution in [2.75, 3.05) is 26.1 Å². The van der Waals surface area contributed by atoms with E-state index in [1.807, 2.05) is 12.3 Å². The number of hydrogen-bond acceptors (Lipinski definition) is 3. The fraction of sp³-hybridized carbons (Fsp3) is 0.211. The van der Waals surface area contributed by atoms with Gasteiger partial charge in [0.15, 0.2) is 11.5 Å². The predicted molar refractivity (Wildman–Crippen MR) is 98.6 cm³/mol. The van der Waals surface area contributed by atoms with Crippen molar-refractivity contribution in [2.24, 2.45) is 0 Å². The number of hydrogen-bond donors (Lipinski definition) is 3. The van der Waals surface area contributed by atoms with Crippen LogP contribution in [-0.2, 0) is 6.42 Å². The van der Waals surface area contributed by atoms with Crippen LogP contribution in [0.25, 0.3) is 10.9 Å². The van der Waals surface area contributed by atoms with E-state index in [0.29, 0.717) is 23.7 Å². The van der Waals surface area contributed by atoms with Crippen LogP contribution in [0.5, 0.6) is 11.5 Å². The molecular formula is C19H21N3O3. The van der Waals surface area contributed by atoms with Gasteiger partial charge < -0.3 is 25.1 Å². The van der Waals surface area contributed by atoms with Crippen molar-refractivity contribution >= 4 is 22.6 Å².